The summed E-state index contributed by atoms with van der Waals surface area (Å²) >= 11 is 0. The van der Waals surface area contributed by atoms with Gasteiger partial charge in [0.2, 0.25) is 5.91 Å². The van der Waals surface area contributed by atoms with Crippen molar-refractivity contribution in [1.29, 1.82) is 0 Å². The third-order valence-corrected chi connectivity index (χ3v) is 2.04. The van der Waals surface area contributed by atoms with E-state index in [9.17, 15) is 14.4 Å². The Morgan fingerprint density at radius 1 is 1.47 bits per heavy atom. The lowest BCUT2D eigenvalue weighted by Gasteiger charge is -2.13. The molecule has 0 spiro atoms. The van der Waals surface area contributed by atoms with Crippen molar-refractivity contribution in [3.05, 3.63) is 24.5 Å². The number of hydrogen-bond donors (Lipinski definition) is 3. The van der Waals surface area contributed by atoms with Crippen LogP contribution in [-0.4, -0.2) is 40.5 Å². The highest BCUT2D eigenvalue weighted by Crippen LogP contribution is 2.05. The van der Waals surface area contributed by atoms with E-state index in [1.54, 1.807) is 18.3 Å². The molecule has 4 N–H and O–H groups in total. The molecule has 19 heavy (non-hydrogen) atoms. The Morgan fingerprint density at radius 2 is 2.21 bits per heavy atom. The summed E-state index contributed by atoms with van der Waals surface area (Å²) in [7, 11) is 0. The van der Waals surface area contributed by atoms with E-state index < -0.39 is 30.2 Å². The second kappa shape index (κ2) is 6.94. The van der Waals surface area contributed by atoms with E-state index in [0.29, 0.717) is 5.75 Å². The number of rotatable bonds is 7. The van der Waals surface area contributed by atoms with Crippen LogP contribution >= 0.6 is 0 Å². The maximum absolute atomic E-state index is 11.4. The van der Waals surface area contributed by atoms with Gasteiger partial charge >= 0.3 is 5.97 Å². The molecule has 0 aliphatic rings. The summed E-state index contributed by atoms with van der Waals surface area (Å²) in [6, 6.07) is 1.86. The molecule has 1 rings (SSSR count). The standard InChI is InChI=1S/C11H13N3O5/c12-9(15)4-8(11(17)18)14-10(16)6-19-7-2-1-3-13-5-7/h1-3,5,8H,4,6H2,(H2,12,15)(H,14,16)(H,17,18)/t8-/m0/s1. The highest BCUT2D eigenvalue weighted by atomic mass is 16.5. The van der Waals surface area contributed by atoms with Crippen molar-refractivity contribution < 1.29 is 24.2 Å². The van der Waals surface area contributed by atoms with Crippen LogP contribution in [0, 0.1) is 0 Å². The van der Waals surface area contributed by atoms with Gasteiger partial charge in [0.15, 0.2) is 6.61 Å². The van der Waals surface area contributed by atoms with E-state index in [1.807, 2.05) is 0 Å². The summed E-state index contributed by atoms with van der Waals surface area (Å²) < 4.78 is 5.07. The number of amides is 2. The summed E-state index contributed by atoms with van der Waals surface area (Å²) in [6.07, 6.45) is 2.47. The molecule has 0 bridgehead atoms. The number of carboxylic acids is 1. The number of aliphatic carboxylic acids is 1. The maximum atomic E-state index is 11.4. The maximum Gasteiger partial charge on any atom is 0.326 e. The minimum Gasteiger partial charge on any atom is -0.482 e. The minimum atomic E-state index is -1.36. The Bertz CT molecular complexity index is 463. The van der Waals surface area contributed by atoms with Crippen LogP contribution in [0.3, 0.4) is 0 Å². The number of hydrogen-bond acceptors (Lipinski definition) is 5. The van der Waals surface area contributed by atoms with Gasteiger partial charge in [0, 0.05) is 6.20 Å². The molecule has 0 radical (unpaired) electrons. The molecule has 0 fully saturated rings. The Morgan fingerprint density at radius 3 is 2.74 bits per heavy atom. The van der Waals surface area contributed by atoms with Crippen molar-refractivity contribution in [3.8, 4) is 5.75 Å². The van der Waals surface area contributed by atoms with Gasteiger partial charge in [0.05, 0.1) is 12.6 Å². The van der Waals surface area contributed by atoms with Crippen LogP contribution in [0.5, 0.6) is 5.75 Å². The minimum absolute atomic E-state index is 0.374. The van der Waals surface area contributed by atoms with E-state index in [1.165, 1.54) is 6.20 Å². The molecule has 0 unspecified atom stereocenters. The van der Waals surface area contributed by atoms with Crippen LogP contribution in [0.1, 0.15) is 6.42 Å². The predicted molar refractivity (Wildman–Crippen MR) is 63.1 cm³/mol. The van der Waals surface area contributed by atoms with E-state index in [4.69, 9.17) is 15.6 Å². The van der Waals surface area contributed by atoms with Gasteiger partial charge in [0.1, 0.15) is 11.8 Å². The Labute approximate surface area is 108 Å². The summed E-state index contributed by atoms with van der Waals surface area (Å²) in [5.74, 6) is -2.45. The van der Waals surface area contributed by atoms with Crippen LogP contribution in [0.15, 0.2) is 24.5 Å². The number of primary amides is 1. The van der Waals surface area contributed by atoms with Gasteiger partial charge in [-0.25, -0.2) is 4.79 Å². The molecule has 1 atom stereocenters. The second-order valence-corrected chi connectivity index (χ2v) is 3.61. The lowest BCUT2D eigenvalue weighted by molar-refractivity contribution is -0.143. The van der Waals surface area contributed by atoms with Gasteiger partial charge < -0.3 is 20.9 Å². The van der Waals surface area contributed by atoms with E-state index in [2.05, 4.69) is 10.3 Å². The molecular formula is C11H13N3O5. The molecular weight excluding hydrogens is 254 g/mol. The van der Waals surface area contributed by atoms with Gasteiger partial charge in [-0.2, -0.15) is 0 Å². The van der Waals surface area contributed by atoms with Crippen LogP contribution in [0.2, 0.25) is 0 Å². The van der Waals surface area contributed by atoms with Crippen molar-refractivity contribution in [2.45, 2.75) is 12.5 Å². The number of nitrogens with two attached hydrogens (primary N) is 1. The molecule has 8 nitrogen and oxygen atoms in total. The van der Waals surface area contributed by atoms with Gasteiger partial charge in [-0.1, -0.05) is 0 Å². The molecule has 0 aliphatic carbocycles. The van der Waals surface area contributed by atoms with Crippen molar-refractivity contribution >= 4 is 17.8 Å². The zero-order valence-corrected chi connectivity index (χ0v) is 9.91. The first-order chi connectivity index (χ1) is 8.99. The molecule has 1 aromatic heterocycles. The lowest BCUT2D eigenvalue weighted by Crippen LogP contribution is -2.45. The predicted octanol–water partition coefficient (Wildman–Crippen LogP) is -1.09. The quantitative estimate of drug-likeness (QED) is 0.575. The van der Waals surface area contributed by atoms with Crippen LogP contribution in [-0.2, 0) is 14.4 Å². The normalized spacial score (nSPS) is 11.4. The van der Waals surface area contributed by atoms with E-state index in [0.717, 1.165) is 0 Å². The Kier molecular flexibility index (Phi) is 5.27. The summed E-state index contributed by atoms with van der Waals surface area (Å²) in [6.45, 7) is -0.381. The molecule has 1 aromatic rings. The van der Waals surface area contributed by atoms with Gasteiger partial charge in [-0.3, -0.25) is 14.6 Å². The topological polar surface area (TPSA) is 132 Å². The monoisotopic (exact) mass is 267 g/mol. The summed E-state index contributed by atoms with van der Waals surface area (Å²) in [4.78, 5) is 36.6. The summed E-state index contributed by atoms with van der Waals surface area (Å²) in [5, 5.41) is 10.9. The fourth-order valence-corrected chi connectivity index (χ4v) is 1.22. The molecule has 102 valence electrons. The number of aromatic nitrogens is 1. The van der Waals surface area contributed by atoms with Gasteiger partial charge in [-0.05, 0) is 12.1 Å². The Balaban J connectivity index is 2.45. The van der Waals surface area contributed by atoms with Crippen molar-refractivity contribution in [3.63, 3.8) is 0 Å². The zero-order chi connectivity index (χ0) is 14.3. The molecule has 2 amide bonds. The van der Waals surface area contributed by atoms with Crippen LogP contribution in [0.4, 0.5) is 0 Å². The first-order valence-electron chi connectivity index (χ1n) is 5.32. The molecule has 0 aromatic carbocycles. The SMILES string of the molecule is NC(=O)C[C@H](NC(=O)COc1cccnc1)C(=O)O. The van der Waals surface area contributed by atoms with E-state index in [-0.39, 0.29) is 6.61 Å². The number of carbonyl (C=O) groups excluding carboxylic acids is 2. The Hall–Kier alpha value is -2.64. The number of carbonyl (C=O) groups is 3. The second-order valence-electron chi connectivity index (χ2n) is 3.61. The van der Waals surface area contributed by atoms with Gasteiger partial charge in [0.25, 0.3) is 5.91 Å². The largest absolute Gasteiger partial charge is 0.482 e. The van der Waals surface area contributed by atoms with Crippen LogP contribution < -0.4 is 15.8 Å². The number of nitrogens with one attached hydrogen (secondary N) is 1. The van der Waals surface area contributed by atoms with Crippen molar-refractivity contribution in [2.24, 2.45) is 5.73 Å². The molecule has 1 heterocycles. The molecule has 0 saturated carbocycles. The smallest absolute Gasteiger partial charge is 0.326 e. The van der Waals surface area contributed by atoms with Crippen molar-refractivity contribution in [2.75, 3.05) is 6.61 Å². The zero-order valence-electron chi connectivity index (χ0n) is 9.91. The molecule has 0 saturated heterocycles. The first kappa shape index (κ1) is 14.4. The number of nitrogens with zero attached hydrogens (tertiary/aromatic N) is 1. The van der Waals surface area contributed by atoms with Gasteiger partial charge in [-0.15, -0.1) is 0 Å². The first-order valence-corrected chi connectivity index (χ1v) is 5.32. The number of carboxylic acid groups (broad SMARTS) is 1. The third kappa shape index (κ3) is 5.48. The number of ether oxygens (including phenoxy) is 1. The number of pyridine rings is 1. The van der Waals surface area contributed by atoms with E-state index >= 15 is 0 Å². The average molecular weight is 267 g/mol. The third-order valence-electron chi connectivity index (χ3n) is 2.04. The fourth-order valence-electron chi connectivity index (χ4n) is 1.22. The highest BCUT2D eigenvalue weighted by Gasteiger charge is 2.22. The molecule has 8 heteroatoms. The van der Waals surface area contributed by atoms with Crippen molar-refractivity contribution in [1.82, 2.24) is 10.3 Å². The average Bonchev–Trinajstić information content (AvgIpc) is 2.36. The fraction of sp³-hybridized carbons (Fsp3) is 0.273. The summed E-state index contributed by atoms with van der Waals surface area (Å²) in [5.41, 5.74) is 4.88. The highest BCUT2D eigenvalue weighted by molar-refractivity contribution is 5.88. The molecule has 0 aliphatic heterocycles. The lowest BCUT2D eigenvalue weighted by atomic mass is 10.2. The van der Waals surface area contributed by atoms with Crippen LogP contribution in [0.25, 0.3) is 0 Å².